The van der Waals surface area contributed by atoms with Crippen LogP contribution in [0.2, 0.25) is 0 Å². The topological polar surface area (TPSA) is 46.3 Å². The summed E-state index contributed by atoms with van der Waals surface area (Å²) in [6, 6.07) is 7.76. The van der Waals surface area contributed by atoms with Gasteiger partial charge in [-0.2, -0.15) is 0 Å². The van der Waals surface area contributed by atoms with Gasteiger partial charge >= 0.3 is 0 Å². The zero-order valence-corrected chi connectivity index (χ0v) is 8.45. The molecular weight excluding hydrogens is 176 g/mol. The predicted molar refractivity (Wildman–Crippen MR) is 55.6 cm³/mol. The first-order valence-corrected chi connectivity index (χ1v) is 4.69. The van der Waals surface area contributed by atoms with Gasteiger partial charge in [-0.25, -0.2) is 10.9 Å². The van der Waals surface area contributed by atoms with E-state index in [1.807, 2.05) is 38.1 Å². The van der Waals surface area contributed by atoms with Crippen molar-refractivity contribution in [2.75, 3.05) is 5.01 Å². The predicted octanol–water partition coefficient (Wildman–Crippen LogP) is 1.48. The molecule has 1 aliphatic heterocycles. The lowest BCUT2D eigenvalue weighted by Gasteiger charge is -2.35. The quantitative estimate of drug-likeness (QED) is 0.497. The number of anilines is 1. The molecule has 1 aliphatic rings. The van der Waals surface area contributed by atoms with E-state index < -0.39 is 0 Å². The number of nitrogens with two attached hydrogens (primary N) is 1. The van der Waals surface area contributed by atoms with Gasteiger partial charge in [-0.05, 0) is 18.1 Å². The average Bonchev–Trinajstić information content (AvgIpc) is 2.14. The van der Waals surface area contributed by atoms with Gasteiger partial charge in [0.05, 0.1) is 5.69 Å². The van der Waals surface area contributed by atoms with E-state index in [0.717, 1.165) is 17.7 Å². The number of hydrogen-bond donors (Lipinski definition) is 1. The first-order valence-electron chi connectivity index (χ1n) is 4.69. The Kier molecular flexibility index (Phi) is 1.86. The number of para-hydroxylation sites is 1. The van der Waals surface area contributed by atoms with Gasteiger partial charge in [-0.15, -0.1) is 0 Å². The second kappa shape index (κ2) is 2.82. The van der Waals surface area contributed by atoms with Crippen molar-refractivity contribution in [1.29, 1.82) is 0 Å². The van der Waals surface area contributed by atoms with Crippen LogP contribution in [0.5, 0.6) is 0 Å². The first kappa shape index (κ1) is 9.21. The fourth-order valence-electron chi connectivity index (χ4n) is 1.88. The molecule has 0 spiro atoms. The molecule has 0 bridgehead atoms. The maximum Gasteiger partial charge on any atom is 0.247 e. The molecule has 0 aromatic heterocycles. The van der Waals surface area contributed by atoms with Crippen LogP contribution < -0.4 is 10.9 Å². The van der Waals surface area contributed by atoms with Crippen molar-refractivity contribution in [3.05, 3.63) is 29.8 Å². The Morgan fingerprint density at radius 2 is 2.00 bits per heavy atom. The molecule has 0 saturated carbocycles. The Morgan fingerprint density at radius 1 is 1.36 bits per heavy atom. The Morgan fingerprint density at radius 3 is 2.71 bits per heavy atom. The normalized spacial score (nSPS) is 19.4. The largest absolute Gasteiger partial charge is 0.272 e. The van der Waals surface area contributed by atoms with Crippen LogP contribution in [0, 0.1) is 5.41 Å². The van der Waals surface area contributed by atoms with Gasteiger partial charge in [0, 0.05) is 5.41 Å². The molecule has 74 valence electrons. The first-order chi connectivity index (χ1) is 6.52. The summed E-state index contributed by atoms with van der Waals surface area (Å²) in [6.07, 6.45) is 0.760. The van der Waals surface area contributed by atoms with Gasteiger partial charge in [0.2, 0.25) is 5.91 Å². The third kappa shape index (κ3) is 1.21. The summed E-state index contributed by atoms with van der Waals surface area (Å²) >= 11 is 0. The minimum absolute atomic E-state index is 0.0174. The van der Waals surface area contributed by atoms with Crippen molar-refractivity contribution in [3.8, 4) is 0 Å². The molecule has 1 heterocycles. The monoisotopic (exact) mass is 190 g/mol. The van der Waals surface area contributed by atoms with Crippen LogP contribution in [0.1, 0.15) is 19.4 Å². The van der Waals surface area contributed by atoms with Crippen LogP contribution in [0.3, 0.4) is 0 Å². The lowest BCUT2D eigenvalue weighted by molar-refractivity contribution is -0.127. The Bertz CT molecular complexity index is 385. The second-order valence-electron chi connectivity index (χ2n) is 4.36. The lowest BCUT2D eigenvalue weighted by atomic mass is 9.81. The Hall–Kier alpha value is -1.35. The number of carbonyl (C=O) groups is 1. The number of nitrogens with zero attached hydrogens (tertiary/aromatic N) is 1. The van der Waals surface area contributed by atoms with Gasteiger partial charge in [-0.1, -0.05) is 32.0 Å². The highest BCUT2D eigenvalue weighted by Crippen LogP contribution is 2.35. The summed E-state index contributed by atoms with van der Waals surface area (Å²) < 4.78 is 0. The van der Waals surface area contributed by atoms with Crippen molar-refractivity contribution in [2.24, 2.45) is 11.3 Å². The molecule has 0 saturated heterocycles. The number of hydrazine groups is 1. The average molecular weight is 190 g/mol. The maximum atomic E-state index is 11.8. The minimum atomic E-state index is -0.386. The molecule has 0 aliphatic carbocycles. The van der Waals surface area contributed by atoms with Crippen LogP contribution in [0.15, 0.2) is 24.3 Å². The van der Waals surface area contributed by atoms with E-state index >= 15 is 0 Å². The van der Waals surface area contributed by atoms with E-state index in [1.165, 1.54) is 5.01 Å². The lowest BCUT2D eigenvalue weighted by Crippen LogP contribution is -2.50. The number of carbonyl (C=O) groups excluding carboxylic acids is 1. The summed E-state index contributed by atoms with van der Waals surface area (Å²) in [5.41, 5.74) is 1.58. The molecule has 2 N–H and O–H groups in total. The molecule has 3 nitrogen and oxygen atoms in total. The van der Waals surface area contributed by atoms with Gasteiger partial charge in [0.15, 0.2) is 0 Å². The maximum absolute atomic E-state index is 11.8. The summed E-state index contributed by atoms with van der Waals surface area (Å²) in [4.78, 5) is 11.8. The van der Waals surface area contributed by atoms with Gasteiger partial charge < -0.3 is 0 Å². The van der Waals surface area contributed by atoms with E-state index in [4.69, 9.17) is 5.84 Å². The highest BCUT2D eigenvalue weighted by Gasteiger charge is 2.37. The summed E-state index contributed by atoms with van der Waals surface area (Å²) in [5.74, 6) is 5.73. The molecule has 1 aromatic rings. The number of benzene rings is 1. The van der Waals surface area contributed by atoms with E-state index in [9.17, 15) is 4.79 Å². The van der Waals surface area contributed by atoms with Crippen molar-refractivity contribution in [1.82, 2.24) is 0 Å². The van der Waals surface area contributed by atoms with E-state index in [2.05, 4.69) is 0 Å². The van der Waals surface area contributed by atoms with E-state index in [1.54, 1.807) is 0 Å². The van der Waals surface area contributed by atoms with Gasteiger partial charge in [0.25, 0.3) is 0 Å². The molecule has 1 amide bonds. The number of amides is 1. The molecule has 0 unspecified atom stereocenters. The fraction of sp³-hybridized carbons (Fsp3) is 0.364. The van der Waals surface area contributed by atoms with Crippen LogP contribution in [-0.2, 0) is 11.2 Å². The molecular formula is C11H14N2O. The molecule has 2 rings (SSSR count). The summed E-state index contributed by atoms with van der Waals surface area (Å²) in [6.45, 7) is 3.84. The van der Waals surface area contributed by atoms with Crippen molar-refractivity contribution in [2.45, 2.75) is 20.3 Å². The zero-order valence-electron chi connectivity index (χ0n) is 8.45. The molecule has 0 fully saturated rings. The number of rotatable bonds is 0. The standard InChI is InChI=1S/C11H14N2O/c1-11(2)7-8-5-3-4-6-9(8)13(12)10(11)14/h3-6H,7,12H2,1-2H3. The molecule has 0 atom stereocenters. The van der Waals surface area contributed by atoms with Crippen molar-refractivity contribution >= 4 is 11.6 Å². The molecule has 1 aromatic carbocycles. The minimum Gasteiger partial charge on any atom is -0.272 e. The van der Waals surface area contributed by atoms with Crippen LogP contribution >= 0.6 is 0 Å². The summed E-state index contributed by atoms with van der Waals surface area (Å²) in [7, 11) is 0. The molecule has 0 radical (unpaired) electrons. The number of hydrogen-bond acceptors (Lipinski definition) is 2. The second-order valence-corrected chi connectivity index (χ2v) is 4.36. The van der Waals surface area contributed by atoms with Crippen LogP contribution in [0.4, 0.5) is 5.69 Å². The Balaban J connectivity index is 2.53. The van der Waals surface area contributed by atoms with Crippen LogP contribution in [0.25, 0.3) is 0 Å². The molecule has 3 heteroatoms. The third-order valence-corrected chi connectivity index (χ3v) is 2.68. The fourth-order valence-corrected chi connectivity index (χ4v) is 1.88. The van der Waals surface area contributed by atoms with Crippen molar-refractivity contribution in [3.63, 3.8) is 0 Å². The van der Waals surface area contributed by atoms with Crippen LogP contribution in [-0.4, -0.2) is 5.91 Å². The highest BCUT2D eigenvalue weighted by molar-refractivity contribution is 5.99. The summed E-state index contributed by atoms with van der Waals surface area (Å²) in [5, 5.41) is 1.26. The number of fused-ring (bicyclic) bond motifs is 1. The van der Waals surface area contributed by atoms with Crippen molar-refractivity contribution < 1.29 is 4.79 Å². The molecule has 14 heavy (non-hydrogen) atoms. The SMILES string of the molecule is CC1(C)Cc2ccccc2N(N)C1=O. The smallest absolute Gasteiger partial charge is 0.247 e. The Labute approximate surface area is 83.5 Å². The van der Waals surface area contributed by atoms with E-state index in [-0.39, 0.29) is 11.3 Å². The van der Waals surface area contributed by atoms with Gasteiger partial charge in [-0.3, -0.25) is 4.79 Å². The van der Waals surface area contributed by atoms with Gasteiger partial charge in [0.1, 0.15) is 0 Å². The third-order valence-electron chi connectivity index (χ3n) is 2.68. The highest BCUT2D eigenvalue weighted by atomic mass is 16.2. The zero-order chi connectivity index (χ0) is 10.3. The van der Waals surface area contributed by atoms with E-state index in [0.29, 0.717) is 0 Å².